The Morgan fingerprint density at radius 2 is 2.09 bits per heavy atom. The quantitative estimate of drug-likeness (QED) is 0.851. The molecule has 0 saturated heterocycles. The van der Waals surface area contributed by atoms with Crippen molar-refractivity contribution in [1.82, 2.24) is 9.88 Å². The van der Waals surface area contributed by atoms with Crippen LogP contribution in [0.2, 0.25) is 0 Å². The van der Waals surface area contributed by atoms with E-state index in [1.165, 1.54) is 6.42 Å². The van der Waals surface area contributed by atoms with Crippen molar-refractivity contribution in [2.75, 3.05) is 14.2 Å². The van der Waals surface area contributed by atoms with Crippen LogP contribution in [0.3, 0.4) is 0 Å². The molecule has 0 aliphatic heterocycles. The van der Waals surface area contributed by atoms with Crippen LogP contribution in [0.4, 0.5) is 0 Å². The molecule has 1 amide bonds. The van der Waals surface area contributed by atoms with Gasteiger partial charge in [-0.15, -0.1) is 0 Å². The van der Waals surface area contributed by atoms with Gasteiger partial charge in [0.2, 0.25) is 0 Å². The predicted molar refractivity (Wildman–Crippen MR) is 89.8 cm³/mol. The summed E-state index contributed by atoms with van der Waals surface area (Å²) in [5.74, 6) is 0.905. The van der Waals surface area contributed by atoms with Crippen LogP contribution in [0.5, 0.6) is 5.75 Å². The molecule has 3 rings (SSSR count). The molecule has 1 aliphatic carbocycles. The van der Waals surface area contributed by atoms with Crippen LogP contribution in [0.15, 0.2) is 42.7 Å². The van der Waals surface area contributed by atoms with Gasteiger partial charge in [-0.2, -0.15) is 0 Å². The average molecular weight is 310 g/mol. The molecule has 0 bridgehead atoms. The molecule has 1 saturated carbocycles. The van der Waals surface area contributed by atoms with Crippen molar-refractivity contribution in [1.29, 1.82) is 0 Å². The van der Waals surface area contributed by atoms with Crippen LogP contribution < -0.4 is 4.74 Å². The van der Waals surface area contributed by atoms with E-state index in [0.717, 1.165) is 36.1 Å². The van der Waals surface area contributed by atoms with Crippen LogP contribution in [0.1, 0.15) is 40.7 Å². The van der Waals surface area contributed by atoms with E-state index in [-0.39, 0.29) is 5.91 Å². The van der Waals surface area contributed by atoms with Gasteiger partial charge in [0.25, 0.3) is 5.91 Å². The average Bonchev–Trinajstić information content (AvgIpc) is 2.53. The fourth-order valence-electron chi connectivity index (χ4n) is 2.86. The number of aromatic nitrogens is 1. The Morgan fingerprint density at radius 1 is 1.26 bits per heavy atom. The molecule has 4 nitrogen and oxygen atoms in total. The zero-order valence-electron chi connectivity index (χ0n) is 13.7. The van der Waals surface area contributed by atoms with Gasteiger partial charge >= 0.3 is 0 Å². The Hall–Kier alpha value is -2.36. The maximum atomic E-state index is 12.5. The molecule has 0 spiro atoms. The summed E-state index contributed by atoms with van der Waals surface area (Å²) in [5.41, 5.74) is 2.84. The van der Waals surface area contributed by atoms with Crippen LogP contribution in [0, 0.1) is 0 Å². The highest BCUT2D eigenvalue weighted by Gasteiger charge is 2.26. The maximum Gasteiger partial charge on any atom is 0.255 e. The third-order valence-corrected chi connectivity index (χ3v) is 4.53. The van der Waals surface area contributed by atoms with Crippen molar-refractivity contribution in [2.24, 2.45) is 0 Å². The molecule has 1 aliphatic rings. The summed E-state index contributed by atoms with van der Waals surface area (Å²) in [6, 6.07) is 10.3. The first-order valence-corrected chi connectivity index (χ1v) is 8.01. The summed E-state index contributed by atoms with van der Waals surface area (Å²) >= 11 is 0. The fourth-order valence-corrected chi connectivity index (χ4v) is 2.86. The second kappa shape index (κ2) is 6.82. The molecule has 2 aromatic rings. The minimum atomic E-state index is 0.0645. The van der Waals surface area contributed by atoms with E-state index >= 15 is 0 Å². The van der Waals surface area contributed by atoms with Crippen LogP contribution in [-0.2, 0) is 6.42 Å². The monoisotopic (exact) mass is 310 g/mol. The van der Waals surface area contributed by atoms with Gasteiger partial charge in [0.05, 0.1) is 12.7 Å². The molecule has 120 valence electrons. The van der Waals surface area contributed by atoms with Gasteiger partial charge < -0.3 is 9.64 Å². The van der Waals surface area contributed by atoms with E-state index in [9.17, 15) is 4.79 Å². The van der Waals surface area contributed by atoms with Gasteiger partial charge in [-0.05, 0) is 55.0 Å². The number of amides is 1. The number of pyridine rings is 1. The first kappa shape index (κ1) is 15.5. The lowest BCUT2D eigenvalue weighted by Crippen LogP contribution is -2.41. The molecule has 0 unspecified atom stereocenters. The Morgan fingerprint density at radius 3 is 2.78 bits per heavy atom. The van der Waals surface area contributed by atoms with E-state index in [1.807, 2.05) is 42.4 Å². The number of carbonyl (C=O) groups excluding carboxylic acids is 1. The summed E-state index contributed by atoms with van der Waals surface area (Å²) in [7, 11) is 3.55. The van der Waals surface area contributed by atoms with Gasteiger partial charge in [0.15, 0.2) is 0 Å². The second-order valence-corrected chi connectivity index (χ2v) is 6.11. The topological polar surface area (TPSA) is 42.4 Å². The number of benzene rings is 1. The Balaban J connectivity index is 1.75. The van der Waals surface area contributed by atoms with Gasteiger partial charge in [-0.25, -0.2) is 0 Å². The lowest BCUT2D eigenvalue weighted by molar-refractivity contribution is 0.0651. The smallest absolute Gasteiger partial charge is 0.255 e. The van der Waals surface area contributed by atoms with Crippen molar-refractivity contribution in [3.63, 3.8) is 0 Å². The highest BCUT2D eigenvalue weighted by Crippen LogP contribution is 2.25. The molecule has 4 heteroatoms. The van der Waals surface area contributed by atoms with Gasteiger partial charge in [-0.3, -0.25) is 9.78 Å². The zero-order valence-corrected chi connectivity index (χ0v) is 13.7. The summed E-state index contributed by atoms with van der Waals surface area (Å²) in [6.45, 7) is 0. The second-order valence-electron chi connectivity index (χ2n) is 6.11. The molecule has 1 aromatic carbocycles. The van der Waals surface area contributed by atoms with E-state index < -0.39 is 0 Å². The predicted octanol–water partition coefficient (Wildman–Crippen LogP) is 3.31. The van der Waals surface area contributed by atoms with Crippen molar-refractivity contribution >= 4 is 5.91 Å². The highest BCUT2D eigenvalue weighted by atomic mass is 16.5. The fraction of sp³-hybridized carbons (Fsp3) is 0.368. The van der Waals surface area contributed by atoms with Crippen LogP contribution in [-0.4, -0.2) is 36.0 Å². The Labute approximate surface area is 137 Å². The number of hydrogen-bond donors (Lipinski definition) is 0. The number of carbonyl (C=O) groups is 1. The lowest BCUT2D eigenvalue weighted by Gasteiger charge is -2.34. The number of methoxy groups -OCH3 is 1. The number of hydrogen-bond acceptors (Lipinski definition) is 3. The van der Waals surface area contributed by atoms with Crippen molar-refractivity contribution in [3.05, 3.63) is 59.4 Å². The number of nitrogens with zero attached hydrogens (tertiary/aromatic N) is 2. The number of ether oxygens (including phenoxy) is 1. The number of rotatable bonds is 5. The van der Waals surface area contributed by atoms with E-state index in [0.29, 0.717) is 11.6 Å². The Kier molecular flexibility index (Phi) is 4.60. The SMILES string of the molecule is COc1cccc(Cc2cncc(C(=O)N(C)C3CCC3)c2)c1. The van der Waals surface area contributed by atoms with Gasteiger partial charge in [-0.1, -0.05) is 12.1 Å². The van der Waals surface area contributed by atoms with E-state index in [4.69, 9.17) is 4.74 Å². The van der Waals surface area contributed by atoms with Crippen molar-refractivity contribution in [2.45, 2.75) is 31.7 Å². The van der Waals surface area contributed by atoms with Crippen molar-refractivity contribution < 1.29 is 9.53 Å². The molecular weight excluding hydrogens is 288 g/mol. The first-order chi connectivity index (χ1) is 11.2. The highest BCUT2D eigenvalue weighted by molar-refractivity contribution is 5.94. The third-order valence-electron chi connectivity index (χ3n) is 4.53. The molecule has 0 radical (unpaired) electrons. The summed E-state index contributed by atoms with van der Waals surface area (Å²) in [6.07, 6.45) is 7.65. The summed E-state index contributed by atoms with van der Waals surface area (Å²) < 4.78 is 5.25. The lowest BCUT2D eigenvalue weighted by atomic mass is 9.91. The van der Waals surface area contributed by atoms with E-state index in [1.54, 1.807) is 13.3 Å². The van der Waals surface area contributed by atoms with E-state index in [2.05, 4.69) is 11.1 Å². The van der Waals surface area contributed by atoms with Gasteiger partial charge in [0.1, 0.15) is 5.75 Å². The van der Waals surface area contributed by atoms with Crippen LogP contribution in [0.25, 0.3) is 0 Å². The first-order valence-electron chi connectivity index (χ1n) is 8.01. The van der Waals surface area contributed by atoms with Crippen molar-refractivity contribution in [3.8, 4) is 5.75 Å². The zero-order chi connectivity index (χ0) is 16.2. The van der Waals surface area contributed by atoms with Crippen LogP contribution >= 0.6 is 0 Å². The summed E-state index contributed by atoms with van der Waals surface area (Å²) in [4.78, 5) is 18.7. The molecule has 23 heavy (non-hydrogen) atoms. The largest absolute Gasteiger partial charge is 0.497 e. The molecule has 1 aromatic heterocycles. The van der Waals surface area contributed by atoms with Gasteiger partial charge in [0, 0.05) is 25.5 Å². The minimum Gasteiger partial charge on any atom is -0.497 e. The summed E-state index contributed by atoms with van der Waals surface area (Å²) in [5, 5.41) is 0. The maximum absolute atomic E-state index is 12.5. The Bertz CT molecular complexity index is 695. The molecule has 0 atom stereocenters. The molecule has 1 fully saturated rings. The molecule has 1 heterocycles. The minimum absolute atomic E-state index is 0.0645. The standard InChI is InChI=1S/C19H22N2O2/c1-21(17-6-4-7-17)19(22)16-10-15(12-20-13-16)9-14-5-3-8-18(11-14)23-2/h3,5,8,10-13,17H,4,6-7,9H2,1-2H3. The normalized spacial score (nSPS) is 14.2. The molecule has 0 N–H and O–H groups in total. The molecular formula is C19H22N2O2. The third kappa shape index (κ3) is 3.52.